The van der Waals surface area contributed by atoms with Gasteiger partial charge in [-0.2, -0.15) is 0 Å². The maximum absolute atomic E-state index is 11.3. The number of hydrogen-bond acceptors (Lipinski definition) is 5. The molecule has 6 heteroatoms. The van der Waals surface area contributed by atoms with Crippen LogP contribution in [0.5, 0.6) is 11.5 Å². The Labute approximate surface area is 110 Å². The highest BCUT2D eigenvalue weighted by Crippen LogP contribution is 2.34. The molecule has 0 saturated heterocycles. The van der Waals surface area contributed by atoms with Crippen LogP contribution in [0.4, 0.5) is 0 Å². The summed E-state index contributed by atoms with van der Waals surface area (Å²) in [6.07, 6.45) is -0.280. The van der Waals surface area contributed by atoms with E-state index in [0.717, 1.165) is 0 Å². The molecular formula is C12H13ClO5. The van der Waals surface area contributed by atoms with Crippen LogP contribution < -0.4 is 9.47 Å². The molecule has 5 nitrogen and oxygen atoms in total. The summed E-state index contributed by atoms with van der Waals surface area (Å²) in [5.74, 6) is -0.112. The van der Waals surface area contributed by atoms with Crippen molar-refractivity contribution in [3.05, 3.63) is 22.7 Å². The molecular weight excluding hydrogens is 260 g/mol. The Kier molecular flexibility index (Phi) is 4.97. The molecule has 0 aromatic heterocycles. The first kappa shape index (κ1) is 14.3. The second-order valence-corrected chi connectivity index (χ2v) is 3.86. The fraction of sp³-hybridized carbons (Fsp3) is 0.333. The van der Waals surface area contributed by atoms with Gasteiger partial charge in [-0.05, 0) is 13.0 Å². The zero-order valence-corrected chi connectivity index (χ0v) is 11.0. The average Bonchev–Trinajstić information content (AvgIpc) is 2.38. The van der Waals surface area contributed by atoms with E-state index >= 15 is 0 Å². The second kappa shape index (κ2) is 6.26. The van der Waals surface area contributed by atoms with Crippen molar-refractivity contribution in [2.24, 2.45) is 0 Å². The zero-order chi connectivity index (χ0) is 13.7. The Hall–Kier alpha value is -1.75. The van der Waals surface area contributed by atoms with Gasteiger partial charge in [0.25, 0.3) is 0 Å². The minimum Gasteiger partial charge on any atom is -0.493 e. The van der Waals surface area contributed by atoms with Crippen molar-refractivity contribution < 1.29 is 23.8 Å². The molecule has 0 aliphatic heterocycles. The van der Waals surface area contributed by atoms with E-state index in [1.54, 1.807) is 0 Å². The number of methoxy groups -OCH3 is 2. The number of benzene rings is 1. The van der Waals surface area contributed by atoms with E-state index in [1.807, 2.05) is 0 Å². The molecule has 0 heterocycles. The summed E-state index contributed by atoms with van der Waals surface area (Å²) in [6, 6.07) is 2.92. The number of carbonyl (C=O) groups excluding carboxylic acids is 2. The van der Waals surface area contributed by atoms with Crippen LogP contribution in [0.25, 0.3) is 0 Å². The first-order valence-corrected chi connectivity index (χ1v) is 5.48. The van der Waals surface area contributed by atoms with Gasteiger partial charge in [0.05, 0.1) is 19.8 Å². The van der Waals surface area contributed by atoms with Crippen molar-refractivity contribution in [2.45, 2.75) is 13.0 Å². The molecule has 0 spiro atoms. The number of carbonyl (C=O) groups is 2. The second-order valence-electron chi connectivity index (χ2n) is 3.43. The van der Waals surface area contributed by atoms with Gasteiger partial charge in [-0.3, -0.25) is 4.79 Å². The lowest BCUT2D eigenvalue weighted by Gasteiger charge is -2.16. The highest BCUT2D eigenvalue weighted by molar-refractivity contribution is 6.31. The minimum absolute atomic E-state index is 0.162. The number of aldehydes is 1. The quantitative estimate of drug-likeness (QED) is 0.607. The van der Waals surface area contributed by atoms with Crippen molar-refractivity contribution >= 4 is 23.9 Å². The molecule has 1 unspecified atom stereocenters. The highest BCUT2D eigenvalue weighted by Gasteiger charge is 2.20. The molecule has 0 amide bonds. The third kappa shape index (κ3) is 3.13. The summed E-state index contributed by atoms with van der Waals surface area (Å²) in [5, 5.41) is 0.340. The van der Waals surface area contributed by atoms with E-state index in [4.69, 9.17) is 21.1 Å². The number of ether oxygens (including phenoxy) is 3. The maximum atomic E-state index is 11.3. The Morgan fingerprint density at radius 2 is 2.06 bits per heavy atom. The topological polar surface area (TPSA) is 61.8 Å². The molecule has 1 atom stereocenters. The summed E-state index contributed by atoms with van der Waals surface area (Å²) in [6.45, 7) is 1.51. The molecule has 0 radical (unpaired) electrons. The maximum Gasteiger partial charge on any atom is 0.346 e. The molecule has 1 rings (SSSR count). The molecule has 98 valence electrons. The summed E-state index contributed by atoms with van der Waals surface area (Å²) in [4.78, 5) is 22.2. The Morgan fingerprint density at radius 1 is 1.39 bits per heavy atom. The van der Waals surface area contributed by atoms with E-state index in [-0.39, 0.29) is 17.1 Å². The van der Waals surface area contributed by atoms with Gasteiger partial charge >= 0.3 is 5.97 Å². The zero-order valence-electron chi connectivity index (χ0n) is 10.2. The van der Waals surface area contributed by atoms with Crippen molar-refractivity contribution in [1.29, 1.82) is 0 Å². The number of rotatable bonds is 5. The van der Waals surface area contributed by atoms with E-state index in [0.29, 0.717) is 11.3 Å². The number of halogens is 1. The summed E-state index contributed by atoms with van der Waals surface area (Å²) < 4.78 is 15.0. The molecule has 0 bridgehead atoms. The van der Waals surface area contributed by atoms with Gasteiger partial charge in [-0.25, -0.2) is 4.79 Å². The van der Waals surface area contributed by atoms with Gasteiger partial charge in [0.2, 0.25) is 0 Å². The summed E-state index contributed by atoms with van der Waals surface area (Å²) in [7, 11) is 2.66. The monoisotopic (exact) mass is 272 g/mol. The Morgan fingerprint density at radius 3 is 2.56 bits per heavy atom. The van der Waals surface area contributed by atoms with Gasteiger partial charge in [-0.1, -0.05) is 11.6 Å². The fourth-order valence-electron chi connectivity index (χ4n) is 1.34. The molecule has 0 aliphatic carbocycles. The van der Waals surface area contributed by atoms with E-state index in [9.17, 15) is 9.59 Å². The van der Waals surface area contributed by atoms with Crippen LogP contribution in [0, 0.1) is 0 Å². The first-order valence-electron chi connectivity index (χ1n) is 5.10. The van der Waals surface area contributed by atoms with Gasteiger partial charge in [0, 0.05) is 11.1 Å². The van der Waals surface area contributed by atoms with Crippen LogP contribution >= 0.6 is 11.6 Å². The van der Waals surface area contributed by atoms with Crippen LogP contribution in [0.1, 0.15) is 17.3 Å². The standard InChI is InChI=1S/C12H13ClO5/c1-7(12(15)17-3)18-11-8(6-14)4-9(13)5-10(11)16-2/h4-7H,1-3H3. The van der Waals surface area contributed by atoms with Gasteiger partial charge in [0.1, 0.15) is 0 Å². The van der Waals surface area contributed by atoms with Crippen LogP contribution in [-0.4, -0.2) is 32.6 Å². The smallest absolute Gasteiger partial charge is 0.346 e. The number of esters is 1. The van der Waals surface area contributed by atoms with E-state index < -0.39 is 12.1 Å². The predicted octanol–water partition coefficient (Wildman–Crippen LogP) is 2.10. The average molecular weight is 273 g/mol. The van der Waals surface area contributed by atoms with Crippen LogP contribution in [0.3, 0.4) is 0 Å². The van der Waals surface area contributed by atoms with Crippen LogP contribution in [0.15, 0.2) is 12.1 Å². The lowest BCUT2D eigenvalue weighted by atomic mass is 10.2. The van der Waals surface area contributed by atoms with E-state index in [2.05, 4.69) is 4.74 Å². The van der Waals surface area contributed by atoms with E-state index in [1.165, 1.54) is 33.3 Å². The molecule has 18 heavy (non-hydrogen) atoms. The van der Waals surface area contributed by atoms with Gasteiger partial charge in [0.15, 0.2) is 23.9 Å². The minimum atomic E-state index is -0.858. The van der Waals surface area contributed by atoms with Crippen molar-refractivity contribution in [3.63, 3.8) is 0 Å². The third-order valence-corrected chi connectivity index (χ3v) is 2.44. The van der Waals surface area contributed by atoms with Crippen LogP contribution in [-0.2, 0) is 9.53 Å². The number of hydrogen-bond donors (Lipinski definition) is 0. The molecule has 0 aliphatic rings. The molecule has 0 saturated carbocycles. The summed E-state index contributed by atoms with van der Waals surface area (Å²) >= 11 is 5.82. The SMILES string of the molecule is COC(=O)C(C)Oc1c(C=O)cc(Cl)cc1OC. The normalized spacial score (nSPS) is 11.6. The summed E-state index contributed by atoms with van der Waals surface area (Å²) in [5.41, 5.74) is 0.204. The predicted molar refractivity (Wildman–Crippen MR) is 65.5 cm³/mol. The van der Waals surface area contributed by atoms with Crippen molar-refractivity contribution in [1.82, 2.24) is 0 Å². The molecule has 1 aromatic rings. The Bertz CT molecular complexity index is 458. The van der Waals surface area contributed by atoms with Crippen molar-refractivity contribution in [3.8, 4) is 11.5 Å². The van der Waals surface area contributed by atoms with Gasteiger partial charge < -0.3 is 14.2 Å². The molecule has 0 fully saturated rings. The molecule has 0 N–H and O–H groups in total. The highest BCUT2D eigenvalue weighted by atomic mass is 35.5. The lowest BCUT2D eigenvalue weighted by molar-refractivity contribution is -0.147. The lowest BCUT2D eigenvalue weighted by Crippen LogP contribution is -2.25. The Balaban J connectivity index is 3.13. The molecule has 1 aromatic carbocycles. The van der Waals surface area contributed by atoms with Crippen LogP contribution in [0.2, 0.25) is 5.02 Å². The third-order valence-electron chi connectivity index (χ3n) is 2.22. The van der Waals surface area contributed by atoms with Crippen molar-refractivity contribution in [2.75, 3.05) is 14.2 Å². The fourth-order valence-corrected chi connectivity index (χ4v) is 1.56. The largest absolute Gasteiger partial charge is 0.493 e. The first-order chi connectivity index (χ1) is 8.53. The van der Waals surface area contributed by atoms with Gasteiger partial charge in [-0.15, -0.1) is 0 Å².